The average molecular weight is 270 g/mol. The molecular formula is C18H22O2. The van der Waals surface area contributed by atoms with E-state index in [1.54, 1.807) is 0 Å². The van der Waals surface area contributed by atoms with Crippen molar-refractivity contribution >= 4 is 5.97 Å². The highest BCUT2D eigenvalue weighted by molar-refractivity contribution is 5.78. The molecule has 0 aliphatic heterocycles. The summed E-state index contributed by atoms with van der Waals surface area (Å²) in [6.07, 6.45) is 8.80. The monoisotopic (exact) mass is 270 g/mol. The van der Waals surface area contributed by atoms with Crippen molar-refractivity contribution in [2.45, 2.75) is 40.0 Å². The molecule has 0 amide bonds. The third-order valence-electron chi connectivity index (χ3n) is 4.44. The van der Waals surface area contributed by atoms with Crippen LogP contribution >= 0.6 is 0 Å². The minimum Gasteiger partial charge on any atom is -0.481 e. The first-order chi connectivity index (χ1) is 9.43. The summed E-state index contributed by atoms with van der Waals surface area (Å²) in [4.78, 5) is 11.9. The molecule has 1 aromatic rings. The molecule has 0 fully saturated rings. The molecule has 0 radical (unpaired) electrons. The lowest BCUT2D eigenvalue weighted by Crippen LogP contribution is -2.23. The third-order valence-corrected chi connectivity index (χ3v) is 4.44. The molecule has 2 heteroatoms. The number of aliphatic carboxylic acids is 1. The SMILES string of the molecule is Cc1cc(C)c(C)c(C(C(=O)O)C2C=CC=CC2)c1C. The first-order valence-electron chi connectivity index (χ1n) is 7.07. The highest BCUT2D eigenvalue weighted by atomic mass is 16.4. The van der Waals surface area contributed by atoms with Crippen LogP contribution in [0.25, 0.3) is 0 Å². The highest BCUT2D eigenvalue weighted by Gasteiger charge is 2.31. The number of carbonyl (C=O) groups is 1. The molecule has 106 valence electrons. The van der Waals surface area contributed by atoms with E-state index in [1.165, 1.54) is 11.1 Å². The van der Waals surface area contributed by atoms with Gasteiger partial charge in [-0.15, -0.1) is 0 Å². The fraction of sp³-hybridized carbons (Fsp3) is 0.389. The fourth-order valence-corrected chi connectivity index (χ4v) is 3.08. The lowest BCUT2D eigenvalue weighted by Gasteiger charge is -2.26. The van der Waals surface area contributed by atoms with Gasteiger partial charge in [-0.3, -0.25) is 4.79 Å². The van der Waals surface area contributed by atoms with Gasteiger partial charge in [-0.2, -0.15) is 0 Å². The first-order valence-corrected chi connectivity index (χ1v) is 7.07. The Kier molecular flexibility index (Phi) is 4.12. The minimum absolute atomic E-state index is 0.0381. The van der Waals surface area contributed by atoms with Crippen LogP contribution in [0, 0.1) is 33.6 Å². The Balaban J connectivity index is 2.58. The molecule has 20 heavy (non-hydrogen) atoms. The quantitative estimate of drug-likeness (QED) is 0.892. The van der Waals surface area contributed by atoms with Crippen LogP contribution in [0.5, 0.6) is 0 Å². The van der Waals surface area contributed by atoms with Gasteiger partial charge < -0.3 is 5.11 Å². The lowest BCUT2D eigenvalue weighted by molar-refractivity contribution is -0.139. The van der Waals surface area contributed by atoms with Gasteiger partial charge in [0.2, 0.25) is 0 Å². The average Bonchev–Trinajstić information content (AvgIpc) is 2.42. The van der Waals surface area contributed by atoms with Crippen LogP contribution in [0.4, 0.5) is 0 Å². The summed E-state index contributed by atoms with van der Waals surface area (Å²) in [5.74, 6) is -1.16. The predicted octanol–water partition coefficient (Wildman–Crippen LogP) is 4.22. The zero-order valence-electron chi connectivity index (χ0n) is 12.6. The number of aryl methyl sites for hydroxylation is 2. The predicted molar refractivity (Wildman–Crippen MR) is 82.2 cm³/mol. The third kappa shape index (κ3) is 2.55. The molecule has 0 saturated carbocycles. The Morgan fingerprint density at radius 3 is 2.20 bits per heavy atom. The Morgan fingerprint density at radius 2 is 1.75 bits per heavy atom. The van der Waals surface area contributed by atoms with E-state index in [-0.39, 0.29) is 5.92 Å². The van der Waals surface area contributed by atoms with Crippen LogP contribution < -0.4 is 0 Å². The maximum Gasteiger partial charge on any atom is 0.311 e. The molecule has 0 bridgehead atoms. The van der Waals surface area contributed by atoms with Crippen molar-refractivity contribution < 1.29 is 9.90 Å². The normalized spacial score (nSPS) is 19.1. The van der Waals surface area contributed by atoms with Crippen LogP contribution in [0.2, 0.25) is 0 Å². The Hall–Kier alpha value is -1.83. The largest absolute Gasteiger partial charge is 0.481 e. The second-order valence-corrected chi connectivity index (χ2v) is 5.70. The Bertz CT molecular complexity index is 568. The lowest BCUT2D eigenvalue weighted by atomic mass is 9.77. The zero-order valence-corrected chi connectivity index (χ0v) is 12.6. The van der Waals surface area contributed by atoms with E-state index in [9.17, 15) is 9.90 Å². The van der Waals surface area contributed by atoms with Crippen molar-refractivity contribution in [2.75, 3.05) is 0 Å². The number of allylic oxidation sites excluding steroid dienone is 4. The van der Waals surface area contributed by atoms with E-state index in [2.05, 4.69) is 19.9 Å². The van der Waals surface area contributed by atoms with Crippen molar-refractivity contribution in [3.05, 3.63) is 58.2 Å². The van der Waals surface area contributed by atoms with Crippen molar-refractivity contribution in [3.63, 3.8) is 0 Å². The van der Waals surface area contributed by atoms with Crippen molar-refractivity contribution in [3.8, 4) is 0 Å². The molecule has 2 nitrogen and oxygen atoms in total. The summed E-state index contributed by atoms with van der Waals surface area (Å²) in [5.41, 5.74) is 5.57. The van der Waals surface area contributed by atoms with E-state index in [1.807, 2.05) is 38.2 Å². The second-order valence-electron chi connectivity index (χ2n) is 5.70. The summed E-state index contributed by atoms with van der Waals surface area (Å²) >= 11 is 0. The fourth-order valence-electron chi connectivity index (χ4n) is 3.08. The van der Waals surface area contributed by atoms with Crippen LogP contribution in [0.3, 0.4) is 0 Å². The van der Waals surface area contributed by atoms with Crippen LogP contribution in [0.15, 0.2) is 30.4 Å². The zero-order chi connectivity index (χ0) is 14.9. The minimum atomic E-state index is -0.730. The van der Waals surface area contributed by atoms with Crippen molar-refractivity contribution in [2.24, 2.45) is 5.92 Å². The number of benzene rings is 1. The molecule has 0 aromatic heterocycles. The van der Waals surface area contributed by atoms with E-state index in [0.29, 0.717) is 0 Å². The molecule has 2 atom stereocenters. The molecule has 1 aliphatic rings. The molecule has 0 spiro atoms. The summed E-state index contributed by atoms with van der Waals surface area (Å²) < 4.78 is 0. The molecule has 0 heterocycles. The van der Waals surface area contributed by atoms with Gasteiger partial charge in [0.1, 0.15) is 0 Å². The molecule has 0 saturated heterocycles. The second kappa shape index (κ2) is 5.66. The van der Waals surface area contributed by atoms with Gasteiger partial charge in [0.05, 0.1) is 5.92 Å². The van der Waals surface area contributed by atoms with Gasteiger partial charge in [-0.25, -0.2) is 0 Å². The van der Waals surface area contributed by atoms with Gasteiger partial charge in [0.15, 0.2) is 0 Å². The van der Waals surface area contributed by atoms with Crippen LogP contribution in [0.1, 0.15) is 40.2 Å². The number of carboxylic acids is 1. The number of carboxylic acid groups (broad SMARTS) is 1. The summed E-state index contributed by atoms with van der Waals surface area (Å²) in [5, 5.41) is 9.75. The molecule has 1 aliphatic carbocycles. The smallest absolute Gasteiger partial charge is 0.311 e. The van der Waals surface area contributed by atoms with Gasteiger partial charge in [-0.1, -0.05) is 30.4 Å². The molecular weight excluding hydrogens is 248 g/mol. The standard InChI is InChI=1S/C18H22O2/c1-11-10-12(2)14(4)16(13(11)3)17(18(19)20)15-8-6-5-7-9-15/h5-8,10,15,17H,9H2,1-4H3,(H,19,20). The van der Waals surface area contributed by atoms with E-state index in [4.69, 9.17) is 0 Å². The van der Waals surface area contributed by atoms with Crippen LogP contribution in [-0.4, -0.2) is 11.1 Å². The first kappa shape index (κ1) is 14.6. The summed E-state index contributed by atoms with van der Waals surface area (Å²) in [7, 11) is 0. The number of hydrogen-bond acceptors (Lipinski definition) is 1. The Morgan fingerprint density at radius 1 is 1.15 bits per heavy atom. The van der Waals surface area contributed by atoms with E-state index in [0.717, 1.165) is 23.1 Å². The van der Waals surface area contributed by atoms with Gasteiger partial charge >= 0.3 is 5.97 Å². The molecule has 1 aromatic carbocycles. The molecule has 2 unspecified atom stereocenters. The highest BCUT2D eigenvalue weighted by Crippen LogP contribution is 2.36. The number of hydrogen-bond donors (Lipinski definition) is 1. The Labute approximate surface area is 120 Å². The topological polar surface area (TPSA) is 37.3 Å². The van der Waals surface area contributed by atoms with Gasteiger partial charge in [0, 0.05) is 0 Å². The van der Waals surface area contributed by atoms with Crippen molar-refractivity contribution in [1.82, 2.24) is 0 Å². The summed E-state index contributed by atoms with van der Waals surface area (Å²) in [6, 6.07) is 2.14. The number of rotatable bonds is 3. The van der Waals surface area contributed by atoms with Crippen molar-refractivity contribution in [1.29, 1.82) is 0 Å². The molecule has 1 N–H and O–H groups in total. The molecule has 2 rings (SSSR count). The van der Waals surface area contributed by atoms with Gasteiger partial charge in [-0.05, 0) is 67.9 Å². The van der Waals surface area contributed by atoms with Crippen LogP contribution in [-0.2, 0) is 4.79 Å². The van der Waals surface area contributed by atoms with E-state index < -0.39 is 11.9 Å². The van der Waals surface area contributed by atoms with E-state index >= 15 is 0 Å². The maximum absolute atomic E-state index is 11.9. The maximum atomic E-state index is 11.9. The summed E-state index contributed by atoms with van der Waals surface area (Å²) in [6.45, 7) is 8.19. The van der Waals surface area contributed by atoms with Gasteiger partial charge in [0.25, 0.3) is 0 Å².